The molecule has 142 heavy (non-hydrogen) atoms. The number of benzene rings is 4. The number of H-pyrrole nitrogens is 2. The van der Waals surface area contributed by atoms with Crippen LogP contribution in [0.5, 0.6) is 0 Å². The highest BCUT2D eigenvalue weighted by Gasteiger charge is 2.41. The monoisotopic (exact) mass is 2020 g/mol. The molecule has 0 aliphatic carbocycles. The lowest BCUT2D eigenvalue weighted by Gasteiger charge is -2.29. The highest BCUT2D eigenvalue weighted by atomic mass is 32.1. The van der Waals surface area contributed by atoms with Crippen molar-refractivity contribution in [2.75, 3.05) is 24.7 Å². The van der Waals surface area contributed by atoms with Gasteiger partial charge in [0, 0.05) is 84.2 Å². The van der Waals surface area contributed by atoms with Gasteiger partial charge in [-0.05, 0) is 97.2 Å². The van der Waals surface area contributed by atoms with Crippen LogP contribution in [0.15, 0.2) is 122 Å². The summed E-state index contributed by atoms with van der Waals surface area (Å²) in [6.45, 7) is 8.36. The maximum absolute atomic E-state index is 15.2. The quantitative estimate of drug-likeness (QED) is 0.0127. The lowest BCUT2D eigenvalue weighted by atomic mass is 10.00. The number of aliphatic hydroxyl groups is 1. The number of carboxylic acids is 4. The Bertz CT molecular complexity index is 5440. The Labute approximate surface area is 826 Å². The van der Waals surface area contributed by atoms with Gasteiger partial charge in [0.1, 0.15) is 90.6 Å². The molecule has 0 bridgehead atoms. The van der Waals surface area contributed by atoms with E-state index >= 15 is 9.59 Å². The third-order valence-corrected chi connectivity index (χ3v) is 23.2. The van der Waals surface area contributed by atoms with Gasteiger partial charge in [0.2, 0.25) is 100 Å². The van der Waals surface area contributed by atoms with Gasteiger partial charge in [-0.25, -0.2) is 4.79 Å². The van der Waals surface area contributed by atoms with Gasteiger partial charge < -0.3 is 138 Å². The number of aliphatic carboxylic acids is 4. The first-order valence-electron chi connectivity index (χ1n) is 45.7. The topological polar surface area (TPSA) is 776 Å². The fraction of sp³-hybridized carbons (Fsp3) is 0.473. The number of aromatic amines is 2. The van der Waals surface area contributed by atoms with Crippen LogP contribution in [-0.2, 0) is 126 Å². The van der Waals surface area contributed by atoms with E-state index in [2.05, 4.69) is 115 Å². The molecular weight excluding hydrogens is 1890 g/mol. The molecule has 0 saturated heterocycles. The van der Waals surface area contributed by atoms with E-state index in [0.29, 0.717) is 44.1 Å². The van der Waals surface area contributed by atoms with Crippen molar-refractivity contribution >= 4 is 171 Å². The number of hydrogen-bond donors (Lipinski definition) is 28. The smallest absolute Gasteiger partial charge is 0.326 e. The molecule has 49 heteroatoms. The Morgan fingerprint density at radius 3 is 1.04 bits per heavy atom. The van der Waals surface area contributed by atoms with Gasteiger partial charge >= 0.3 is 23.9 Å². The van der Waals surface area contributed by atoms with Crippen molar-refractivity contribution in [2.24, 2.45) is 40.7 Å². The SMILES string of the molecule is CC(C)C[C@H](NC(=O)[C@@H](NC(=O)[C@H](CC(N)=O)NC(=O)[C@H](CS)NC(=O)[C@H](CO)NC(=O)[C@H](Cc1c[nH]c2ccccc12)NC(=O)[C@H](CCC(N)=O)NC(=O)[C@H](CC(=O)O)NC(=O)[C@H](CCCCN)NC(=O)[C@H](Cc1ccccc1)NC(=O)[C@H](Cc1ccccc1)NC(=O)[C@H](CCC(=O)O)NC(=O)[C@H](CS)NC(=O)[C@@H](NC(=O)[C@H](Cc1c[nH]c2ccccc12)NC(=O)[C@@H](N)CC(=O)O)C(C)C)C(C)C)C(=O)O. The molecule has 6 aromatic rings. The molecule has 4 aromatic carbocycles. The zero-order valence-electron chi connectivity index (χ0n) is 79.0. The number of nitrogens with one attached hydrogen (secondary N) is 17. The first kappa shape index (κ1) is 116. The number of carboxylic acid groups (broad SMARTS) is 4. The molecule has 0 unspecified atom stereocenters. The van der Waals surface area contributed by atoms with E-state index in [1.807, 2.05) is 0 Å². The first-order valence-corrected chi connectivity index (χ1v) is 47.0. The lowest BCUT2D eigenvalue weighted by molar-refractivity contribution is -0.143. The summed E-state index contributed by atoms with van der Waals surface area (Å²) in [5.74, 6) is -27.9. The molecule has 0 aliphatic heterocycles. The molecule has 2 heterocycles. The second-order valence-corrected chi connectivity index (χ2v) is 35.7. The van der Waals surface area contributed by atoms with Crippen LogP contribution < -0.4 is 103 Å². The molecule has 0 radical (unpaired) electrons. The van der Waals surface area contributed by atoms with Crippen molar-refractivity contribution < 1.29 is 126 Å². The number of para-hydroxylation sites is 2. The van der Waals surface area contributed by atoms with Gasteiger partial charge in [0.05, 0.1) is 31.9 Å². The summed E-state index contributed by atoms with van der Waals surface area (Å²) >= 11 is 8.47. The number of carbonyl (C=O) groups excluding carboxylic acids is 17. The number of thiol groups is 2. The number of rotatable bonds is 62. The number of aliphatic hydroxyl groups excluding tert-OH is 1. The summed E-state index contributed by atoms with van der Waals surface area (Å²) in [5, 5.41) is 87.8. The predicted molar refractivity (Wildman–Crippen MR) is 519 cm³/mol. The van der Waals surface area contributed by atoms with Crippen molar-refractivity contribution in [1.82, 2.24) is 89.7 Å². The number of amides is 17. The summed E-state index contributed by atoms with van der Waals surface area (Å²) in [7, 11) is 0. The molecule has 6 rings (SSSR count). The minimum absolute atomic E-state index is 0.0165. The largest absolute Gasteiger partial charge is 0.481 e. The fourth-order valence-corrected chi connectivity index (χ4v) is 15.4. The number of nitrogens with two attached hydrogens (primary N) is 4. The number of carbonyl (C=O) groups is 21. The summed E-state index contributed by atoms with van der Waals surface area (Å²) in [5.41, 5.74) is 25.7. The van der Waals surface area contributed by atoms with E-state index < -0.39 is 302 Å². The summed E-state index contributed by atoms with van der Waals surface area (Å²) < 4.78 is 0. The van der Waals surface area contributed by atoms with E-state index in [1.54, 1.807) is 143 Å². The summed E-state index contributed by atoms with van der Waals surface area (Å²) in [6.07, 6.45) is -4.10. The number of fused-ring (bicyclic) bond motifs is 2. The zero-order valence-corrected chi connectivity index (χ0v) is 80.8. The van der Waals surface area contributed by atoms with Crippen LogP contribution in [0.3, 0.4) is 0 Å². The maximum atomic E-state index is 15.2. The maximum Gasteiger partial charge on any atom is 0.326 e. The van der Waals surface area contributed by atoms with Gasteiger partial charge in [-0.1, -0.05) is 139 Å². The number of aromatic nitrogens is 2. The predicted octanol–water partition coefficient (Wildman–Crippen LogP) is -4.10. The zero-order chi connectivity index (χ0) is 105. The van der Waals surface area contributed by atoms with Crippen LogP contribution in [0, 0.1) is 17.8 Å². The van der Waals surface area contributed by atoms with E-state index in [4.69, 9.17) is 22.9 Å². The van der Waals surface area contributed by atoms with Crippen LogP contribution in [0.1, 0.15) is 134 Å². The second kappa shape index (κ2) is 57.8. The van der Waals surface area contributed by atoms with Gasteiger partial charge in [-0.15, -0.1) is 0 Å². The molecule has 17 amide bonds. The first-order chi connectivity index (χ1) is 67.2. The molecule has 772 valence electrons. The molecule has 47 nitrogen and oxygen atoms in total. The summed E-state index contributed by atoms with van der Waals surface area (Å²) in [6, 6.07) is 2.02. The Morgan fingerprint density at radius 2 is 0.655 bits per heavy atom. The highest BCUT2D eigenvalue weighted by molar-refractivity contribution is 7.80. The standard InChI is InChI=1S/C93H127N21O26S2/c1-46(2)33-67(93(139)140)109-91(137)76(47(3)4)114-87(133)65(39-72(97)117)107-90(136)69(44-141)111-88(134)68(43-115)110-84(130)63(36-51-41-98-56-25-15-13-23-53(51)56)106-80(126)59(28-30-71(96)116)101-85(131)66(40-75(122)123)108-79(125)58(27-17-18-32-94)100-82(128)61(34-49-19-9-7-10-20-49)105-83(129)62(35-50-21-11-8-12-22-50)104-81(127)60(29-31-73(118)119)102-89(135)70(45-142)112-92(138)77(48(5)6)113-86(132)64(103-78(124)55(95)38-74(120)121)37-52-42-99-57-26-16-14-24-54(52)57/h7-16,19-26,41-42,46-48,55,58-70,76-77,98-99,115,141-142H,17-18,27-40,43-45,94-95H2,1-6H3,(H2,96,116)(H2,97,117)(H,100,128)(H,101,131)(H,102,135)(H,103,124)(H,104,127)(H,105,129)(H,106,126)(H,107,136)(H,108,125)(H,109,137)(H,110,130)(H,111,134)(H,112,138)(H,113,132)(H,114,133)(H,118,119)(H,120,121)(H,122,123)(H,139,140)/t55-,58-,59-,60-,61-,62-,63-,64-,65-,66-,67-,68-,69-,70-,76-,77-/m0/s1. The molecule has 16 atom stereocenters. The van der Waals surface area contributed by atoms with Crippen molar-refractivity contribution in [3.63, 3.8) is 0 Å². The van der Waals surface area contributed by atoms with Crippen LogP contribution in [-0.4, -0.2) is 281 Å². The third kappa shape index (κ3) is 37.9. The second-order valence-electron chi connectivity index (χ2n) is 35.0. The third-order valence-electron chi connectivity index (χ3n) is 22.5. The molecule has 0 saturated carbocycles. The number of primary amides is 2. The molecule has 2 aromatic heterocycles. The normalized spacial score (nSPS) is 14.6. The number of hydrogen-bond acceptors (Lipinski definition) is 26. The van der Waals surface area contributed by atoms with E-state index in [1.165, 1.54) is 20.0 Å². The van der Waals surface area contributed by atoms with Crippen molar-refractivity contribution in [1.29, 1.82) is 0 Å². The van der Waals surface area contributed by atoms with Gasteiger partial charge in [0.15, 0.2) is 0 Å². The van der Waals surface area contributed by atoms with E-state index in [-0.39, 0.29) is 57.4 Å². The molecule has 0 spiro atoms. The van der Waals surface area contributed by atoms with E-state index in [0.717, 1.165) is 0 Å². The van der Waals surface area contributed by atoms with Crippen LogP contribution in [0.25, 0.3) is 21.8 Å². The highest BCUT2D eigenvalue weighted by Crippen LogP contribution is 2.23. The van der Waals surface area contributed by atoms with Crippen LogP contribution in [0.2, 0.25) is 0 Å². The average Bonchev–Trinajstić information content (AvgIpc) is 1.69. The molecular formula is C93H127N21O26S2. The molecule has 0 fully saturated rings. The van der Waals surface area contributed by atoms with Crippen molar-refractivity contribution in [3.8, 4) is 0 Å². The van der Waals surface area contributed by atoms with Crippen molar-refractivity contribution in [3.05, 3.63) is 144 Å². The average molecular weight is 2020 g/mol. The van der Waals surface area contributed by atoms with Crippen LogP contribution >= 0.6 is 25.3 Å². The molecule has 0 aliphatic rings. The van der Waals surface area contributed by atoms with Crippen molar-refractivity contribution in [2.45, 2.75) is 235 Å². The minimum atomic E-state index is -2.17. The van der Waals surface area contributed by atoms with Gasteiger partial charge in [-0.2, -0.15) is 25.3 Å². The van der Waals surface area contributed by atoms with E-state index in [9.17, 15) is 117 Å². The van der Waals surface area contributed by atoms with Gasteiger partial charge in [0.25, 0.3) is 0 Å². The Balaban J connectivity index is 1.24. The summed E-state index contributed by atoms with van der Waals surface area (Å²) in [4.78, 5) is 296. The Hall–Kier alpha value is -14.6. The minimum Gasteiger partial charge on any atom is -0.481 e. The Morgan fingerprint density at radius 1 is 0.331 bits per heavy atom. The van der Waals surface area contributed by atoms with Gasteiger partial charge in [-0.3, -0.25) is 95.9 Å². The molecule has 30 N–H and O–H groups in total. The number of unbranched alkanes of at least 4 members (excludes halogenated alkanes) is 1. The Kier molecular flexibility index (Phi) is 47.3. The fourth-order valence-electron chi connectivity index (χ4n) is 14.9. The lowest BCUT2D eigenvalue weighted by Crippen LogP contribution is -2.62. The van der Waals surface area contributed by atoms with Crippen LogP contribution in [0.4, 0.5) is 0 Å².